The van der Waals surface area contributed by atoms with E-state index < -0.39 is 11.0 Å². The molecule has 162 valence electrons. The fraction of sp³-hybridized carbons (Fsp3) is 0.136. The number of benzene rings is 2. The number of thioether (sulfide) groups is 1. The van der Waals surface area contributed by atoms with Gasteiger partial charge in [-0.05, 0) is 36.8 Å². The van der Waals surface area contributed by atoms with Crippen molar-refractivity contribution >= 4 is 23.4 Å². The van der Waals surface area contributed by atoms with Crippen molar-refractivity contribution in [3.05, 3.63) is 100 Å². The lowest BCUT2D eigenvalue weighted by Crippen LogP contribution is -2.28. The van der Waals surface area contributed by atoms with Gasteiger partial charge in [0, 0.05) is 23.6 Å². The van der Waals surface area contributed by atoms with Gasteiger partial charge in [0.15, 0.2) is 16.7 Å². The van der Waals surface area contributed by atoms with Crippen molar-refractivity contribution in [3.8, 4) is 5.69 Å². The highest BCUT2D eigenvalue weighted by Gasteiger charge is 2.22. The lowest BCUT2D eigenvalue weighted by Gasteiger charge is -2.16. The lowest BCUT2D eigenvalue weighted by atomic mass is 10.2. The van der Waals surface area contributed by atoms with Crippen LogP contribution in [0.1, 0.15) is 34.9 Å². The van der Waals surface area contributed by atoms with Gasteiger partial charge in [-0.3, -0.25) is 19.5 Å². The molecule has 0 fully saturated rings. The highest BCUT2D eigenvalue weighted by Crippen LogP contribution is 2.28. The highest BCUT2D eigenvalue weighted by molar-refractivity contribution is 7.98. The van der Waals surface area contributed by atoms with Gasteiger partial charge in [0.2, 0.25) is 0 Å². The van der Waals surface area contributed by atoms with E-state index in [2.05, 4.69) is 15.5 Å². The van der Waals surface area contributed by atoms with Crippen LogP contribution in [0.2, 0.25) is 0 Å². The van der Waals surface area contributed by atoms with E-state index in [1.165, 1.54) is 30.2 Å². The van der Waals surface area contributed by atoms with Crippen LogP contribution in [0, 0.1) is 10.1 Å². The number of hydrogen-bond acceptors (Lipinski definition) is 7. The number of nitro groups is 1. The summed E-state index contributed by atoms with van der Waals surface area (Å²) in [4.78, 5) is 23.0. The predicted molar refractivity (Wildman–Crippen MR) is 119 cm³/mol. The maximum Gasteiger partial charge on any atom is 0.287 e. The molecule has 4 aromatic rings. The first kappa shape index (κ1) is 21.3. The molecule has 2 aromatic heterocycles. The van der Waals surface area contributed by atoms with Crippen LogP contribution in [0.5, 0.6) is 0 Å². The molecule has 0 aliphatic heterocycles. The van der Waals surface area contributed by atoms with Gasteiger partial charge in [-0.25, -0.2) is 0 Å². The molecule has 2 aromatic carbocycles. The summed E-state index contributed by atoms with van der Waals surface area (Å²) in [6, 6.07) is 18.8. The zero-order valence-electron chi connectivity index (χ0n) is 17.0. The average molecular weight is 449 g/mol. The number of non-ortho nitro benzene ring substituents is 1. The average Bonchev–Trinajstić information content (AvgIpc) is 3.49. The summed E-state index contributed by atoms with van der Waals surface area (Å²) in [5.74, 6) is 0.976. The van der Waals surface area contributed by atoms with E-state index in [4.69, 9.17) is 4.42 Å². The van der Waals surface area contributed by atoms with Crippen molar-refractivity contribution < 1.29 is 14.1 Å². The molecule has 9 nitrogen and oxygen atoms in total. The number of furan rings is 1. The van der Waals surface area contributed by atoms with Gasteiger partial charge in [-0.15, -0.1) is 10.2 Å². The van der Waals surface area contributed by atoms with Crippen molar-refractivity contribution in [3.63, 3.8) is 0 Å². The first-order valence-corrected chi connectivity index (χ1v) is 10.7. The van der Waals surface area contributed by atoms with Crippen molar-refractivity contribution in [2.24, 2.45) is 0 Å². The second-order valence-corrected chi connectivity index (χ2v) is 7.84. The molecule has 10 heteroatoms. The monoisotopic (exact) mass is 449 g/mol. The zero-order valence-corrected chi connectivity index (χ0v) is 17.9. The molecule has 32 heavy (non-hydrogen) atoms. The normalized spacial score (nSPS) is 11.8. The third kappa shape index (κ3) is 4.70. The summed E-state index contributed by atoms with van der Waals surface area (Å²) < 4.78 is 6.95. The number of carbonyl (C=O) groups is 1. The molecule has 0 aliphatic rings. The molecule has 0 aliphatic carbocycles. The number of aromatic nitrogens is 3. The molecule has 1 atom stereocenters. The summed E-state index contributed by atoms with van der Waals surface area (Å²) >= 11 is 1.48. The summed E-state index contributed by atoms with van der Waals surface area (Å²) in [5.41, 5.74) is 1.77. The van der Waals surface area contributed by atoms with Crippen molar-refractivity contribution in [1.29, 1.82) is 0 Å². The number of amides is 1. The number of carbonyl (C=O) groups excluding carboxylic acids is 1. The SMILES string of the molecule is CC(NC(=O)c1ccco1)c1nnc(SCc2ccccc2)n1-c1ccc([N+](=O)[O-])cc1. The molecule has 4 rings (SSSR count). The molecule has 2 heterocycles. The standard InChI is InChI=1S/C22H19N5O4S/c1-15(23-21(28)19-8-5-13-31-19)20-24-25-22(32-14-16-6-3-2-4-7-16)26(20)17-9-11-18(12-10-17)27(29)30/h2-13,15H,14H2,1H3,(H,23,28). The fourth-order valence-corrected chi connectivity index (χ4v) is 4.00. The quantitative estimate of drug-likeness (QED) is 0.238. The number of nitro benzene ring substituents is 1. The van der Waals surface area contributed by atoms with E-state index in [1.807, 2.05) is 30.3 Å². The minimum atomic E-state index is -0.499. The molecule has 1 amide bonds. The molecule has 0 spiro atoms. The minimum Gasteiger partial charge on any atom is -0.459 e. The third-order valence-electron chi connectivity index (χ3n) is 4.67. The van der Waals surface area contributed by atoms with Gasteiger partial charge in [-0.1, -0.05) is 42.1 Å². The van der Waals surface area contributed by atoms with Gasteiger partial charge >= 0.3 is 0 Å². The second-order valence-electron chi connectivity index (χ2n) is 6.90. The van der Waals surface area contributed by atoms with Gasteiger partial charge < -0.3 is 9.73 Å². The summed E-state index contributed by atoms with van der Waals surface area (Å²) in [6.45, 7) is 1.79. The van der Waals surface area contributed by atoms with E-state index >= 15 is 0 Å². The summed E-state index contributed by atoms with van der Waals surface area (Å²) in [7, 11) is 0. The molecule has 0 saturated heterocycles. The van der Waals surface area contributed by atoms with Crippen molar-refractivity contribution in [2.45, 2.75) is 23.9 Å². The fourth-order valence-electron chi connectivity index (χ4n) is 3.08. The van der Waals surface area contributed by atoms with Crippen molar-refractivity contribution in [2.75, 3.05) is 0 Å². The van der Waals surface area contributed by atoms with E-state index in [-0.39, 0.29) is 17.4 Å². The Balaban J connectivity index is 1.65. The first-order valence-electron chi connectivity index (χ1n) is 9.74. The van der Waals surface area contributed by atoms with Crippen LogP contribution in [-0.2, 0) is 5.75 Å². The van der Waals surface area contributed by atoms with E-state index in [0.717, 1.165) is 5.56 Å². The van der Waals surface area contributed by atoms with E-state index in [1.54, 1.807) is 35.8 Å². The summed E-state index contributed by atoms with van der Waals surface area (Å²) in [5, 5.41) is 23.1. The van der Waals surface area contributed by atoms with Crippen LogP contribution in [0.3, 0.4) is 0 Å². The Morgan fingerprint density at radius 1 is 1.12 bits per heavy atom. The summed E-state index contributed by atoms with van der Waals surface area (Å²) in [6.07, 6.45) is 1.43. The van der Waals surface area contributed by atoms with Crippen LogP contribution in [0.4, 0.5) is 5.69 Å². The Labute approximate surface area is 187 Å². The Morgan fingerprint density at radius 2 is 1.88 bits per heavy atom. The van der Waals surface area contributed by atoms with E-state index in [9.17, 15) is 14.9 Å². The maximum absolute atomic E-state index is 12.4. The molecule has 1 unspecified atom stereocenters. The number of rotatable bonds is 8. The Bertz CT molecular complexity index is 1210. The molecular weight excluding hydrogens is 430 g/mol. The zero-order chi connectivity index (χ0) is 22.5. The molecule has 1 N–H and O–H groups in total. The highest BCUT2D eigenvalue weighted by atomic mass is 32.2. The van der Waals surface area contributed by atoms with Gasteiger partial charge in [0.05, 0.1) is 17.2 Å². The predicted octanol–water partition coefficient (Wildman–Crippen LogP) is 4.55. The third-order valence-corrected chi connectivity index (χ3v) is 5.67. The van der Waals surface area contributed by atoms with Crippen LogP contribution in [-0.4, -0.2) is 25.6 Å². The van der Waals surface area contributed by atoms with Crippen LogP contribution >= 0.6 is 11.8 Å². The Morgan fingerprint density at radius 3 is 2.53 bits per heavy atom. The van der Waals surface area contributed by atoms with Gasteiger partial charge in [0.1, 0.15) is 0 Å². The maximum atomic E-state index is 12.4. The number of hydrogen-bond donors (Lipinski definition) is 1. The van der Waals surface area contributed by atoms with Gasteiger partial charge in [0.25, 0.3) is 11.6 Å². The number of nitrogens with zero attached hydrogens (tertiary/aromatic N) is 4. The van der Waals surface area contributed by atoms with Crippen LogP contribution < -0.4 is 5.32 Å². The Hall–Kier alpha value is -3.92. The molecule has 0 bridgehead atoms. The lowest BCUT2D eigenvalue weighted by molar-refractivity contribution is -0.384. The van der Waals surface area contributed by atoms with Gasteiger partial charge in [-0.2, -0.15) is 0 Å². The Kier molecular flexibility index (Phi) is 6.31. The number of nitrogens with one attached hydrogen (secondary N) is 1. The van der Waals surface area contributed by atoms with Crippen LogP contribution in [0.15, 0.2) is 82.6 Å². The smallest absolute Gasteiger partial charge is 0.287 e. The van der Waals surface area contributed by atoms with Crippen molar-refractivity contribution in [1.82, 2.24) is 20.1 Å². The van der Waals surface area contributed by atoms with Crippen LogP contribution in [0.25, 0.3) is 5.69 Å². The minimum absolute atomic E-state index is 0.0129. The largest absolute Gasteiger partial charge is 0.459 e. The molecular formula is C22H19N5O4S. The topological polar surface area (TPSA) is 116 Å². The molecule has 0 saturated carbocycles. The first-order chi connectivity index (χ1) is 15.5. The second kappa shape index (κ2) is 9.48. The molecule has 0 radical (unpaired) electrons. The van der Waals surface area contributed by atoms with E-state index in [0.29, 0.717) is 22.4 Å².